The SMILES string of the molecule is Cc1ccc2oc(C(=O)N3C[C@@H](C(F)(F)F)[C@H](C(=O)O)C3)cc2n1. The number of pyridine rings is 1. The predicted molar refractivity (Wildman–Crippen MR) is 75.3 cm³/mol. The number of amides is 1. The third-order valence-corrected chi connectivity index (χ3v) is 4.07. The molecule has 3 heterocycles. The van der Waals surface area contributed by atoms with Crippen molar-refractivity contribution >= 4 is 23.0 Å². The molecule has 0 unspecified atom stereocenters. The molecule has 0 bridgehead atoms. The predicted octanol–water partition coefficient (Wildman–Crippen LogP) is 2.47. The van der Waals surface area contributed by atoms with Crippen LogP contribution in [-0.2, 0) is 4.79 Å². The lowest BCUT2D eigenvalue weighted by Crippen LogP contribution is -2.34. The zero-order chi connectivity index (χ0) is 17.6. The first-order valence-corrected chi connectivity index (χ1v) is 7.13. The van der Waals surface area contributed by atoms with Gasteiger partial charge in [-0.25, -0.2) is 4.98 Å². The summed E-state index contributed by atoms with van der Waals surface area (Å²) in [6, 6.07) is 4.63. The lowest BCUT2D eigenvalue weighted by molar-refractivity contribution is -0.187. The number of aromatic nitrogens is 1. The fourth-order valence-corrected chi connectivity index (χ4v) is 2.84. The van der Waals surface area contributed by atoms with Gasteiger partial charge in [-0.05, 0) is 19.1 Å². The van der Waals surface area contributed by atoms with E-state index < -0.39 is 43.0 Å². The van der Waals surface area contributed by atoms with Gasteiger partial charge in [-0.1, -0.05) is 0 Å². The Hall–Kier alpha value is -2.58. The molecule has 1 fully saturated rings. The van der Waals surface area contributed by atoms with Crippen molar-refractivity contribution in [1.82, 2.24) is 9.88 Å². The number of nitrogens with zero attached hydrogens (tertiary/aromatic N) is 2. The first-order chi connectivity index (χ1) is 11.2. The molecule has 2 aromatic rings. The smallest absolute Gasteiger partial charge is 0.394 e. The molecule has 3 rings (SSSR count). The van der Waals surface area contributed by atoms with Gasteiger partial charge >= 0.3 is 12.1 Å². The molecular weight excluding hydrogens is 329 g/mol. The van der Waals surface area contributed by atoms with Crippen LogP contribution < -0.4 is 0 Å². The average molecular weight is 342 g/mol. The summed E-state index contributed by atoms with van der Waals surface area (Å²) in [5.74, 6) is -6.28. The maximum atomic E-state index is 13.0. The Bertz CT molecular complexity index is 815. The molecule has 1 saturated heterocycles. The van der Waals surface area contributed by atoms with Crippen LogP contribution in [0.4, 0.5) is 13.2 Å². The number of aliphatic carboxylic acids is 1. The number of hydrogen-bond acceptors (Lipinski definition) is 4. The topological polar surface area (TPSA) is 83.6 Å². The van der Waals surface area contributed by atoms with E-state index in [0.29, 0.717) is 16.8 Å². The van der Waals surface area contributed by atoms with Crippen molar-refractivity contribution in [3.05, 3.63) is 29.7 Å². The number of likely N-dealkylation sites (tertiary alicyclic amines) is 1. The summed E-state index contributed by atoms with van der Waals surface area (Å²) in [6.45, 7) is 0.532. The van der Waals surface area contributed by atoms with Crippen LogP contribution in [0.2, 0.25) is 0 Å². The van der Waals surface area contributed by atoms with Crippen molar-refractivity contribution in [2.45, 2.75) is 13.1 Å². The summed E-state index contributed by atoms with van der Waals surface area (Å²) >= 11 is 0. The van der Waals surface area contributed by atoms with E-state index in [1.54, 1.807) is 19.1 Å². The Labute approximate surface area is 133 Å². The second-order valence-corrected chi connectivity index (χ2v) is 5.75. The number of rotatable bonds is 2. The Morgan fingerprint density at radius 1 is 1.33 bits per heavy atom. The van der Waals surface area contributed by atoms with E-state index in [0.717, 1.165) is 4.90 Å². The molecule has 1 N–H and O–H groups in total. The number of furan rings is 1. The number of fused-ring (bicyclic) bond motifs is 1. The first-order valence-electron chi connectivity index (χ1n) is 7.13. The second-order valence-electron chi connectivity index (χ2n) is 5.75. The molecule has 128 valence electrons. The second kappa shape index (κ2) is 5.50. The van der Waals surface area contributed by atoms with Crippen molar-refractivity contribution in [2.24, 2.45) is 11.8 Å². The quantitative estimate of drug-likeness (QED) is 0.906. The minimum Gasteiger partial charge on any atom is -0.481 e. The van der Waals surface area contributed by atoms with E-state index in [9.17, 15) is 22.8 Å². The zero-order valence-corrected chi connectivity index (χ0v) is 12.5. The number of carbonyl (C=O) groups is 2. The van der Waals surface area contributed by atoms with E-state index in [1.165, 1.54) is 6.07 Å². The first kappa shape index (κ1) is 16.3. The molecule has 0 saturated carbocycles. The lowest BCUT2D eigenvalue weighted by Gasteiger charge is -2.17. The van der Waals surface area contributed by atoms with Crippen LogP contribution in [0, 0.1) is 18.8 Å². The lowest BCUT2D eigenvalue weighted by atomic mass is 9.96. The van der Waals surface area contributed by atoms with Gasteiger partial charge in [-0.2, -0.15) is 13.2 Å². The number of carboxylic acids is 1. The van der Waals surface area contributed by atoms with Crippen molar-refractivity contribution < 1.29 is 32.3 Å². The molecule has 0 radical (unpaired) electrons. The maximum Gasteiger partial charge on any atom is 0.394 e. The average Bonchev–Trinajstić information content (AvgIpc) is 3.09. The van der Waals surface area contributed by atoms with Crippen molar-refractivity contribution in [2.75, 3.05) is 13.1 Å². The van der Waals surface area contributed by atoms with E-state index in [1.807, 2.05) is 0 Å². The molecule has 2 atom stereocenters. The summed E-state index contributed by atoms with van der Waals surface area (Å²) in [6.07, 6.45) is -4.69. The highest BCUT2D eigenvalue weighted by molar-refractivity contribution is 5.95. The number of aryl methyl sites for hydroxylation is 1. The third kappa shape index (κ3) is 2.81. The molecule has 2 aromatic heterocycles. The molecule has 24 heavy (non-hydrogen) atoms. The van der Waals surface area contributed by atoms with Crippen LogP contribution >= 0.6 is 0 Å². The summed E-state index contributed by atoms with van der Waals surface area (Å²) in [4.78, 5) is 28.5. The summed E-state index contributed by atoms with van der Waals surface area (Å²) in [5, 5.41) is 8.99. The summed E-state index contributed by atoms with van der Waals surface area (Å²) in [5.41, 5.74) is 1.46. The largest absolute Gasteiger partial charge is 0.481 e. The minimum absolute atomic E-state index is 0.157. The molecular formula is C15H13F3N2O4. The highest BCUT2D eigenvalue weighted by atomic mass is 19.4. The van der Waals surface area contributed by atoms with E-state index >= 15 is 0 Å². The van der Waals surface area contributed by atoms with Gasteiger partial charge < -0.3 is 14.4 Å². The van der Waals surface area contributed by atoms with Gasteiger partial charge in [-0.15, -0.1) is 0 Å². The summed E-state index contributed by atoms with van der Waals surface area (Å²) < 4.78 is 44.3. The van der Waals surface area contributed by atoms with Crippen LogP contribution in [0.25, 0.3) is 11.1 Å². The van der Waals surface area contributed by atoms with Gasteiger partial charge in [0, 0.05) is 24.8 Å². The van der Waals surface area contributed by atoms with E-state index in [-0.39, 0.29) is 5.76 Å². The Balaban J connectivity index is 1.87. The monoisotopic (exact) mass is 342 g/mol. The van der Waals surface area contributed by atoms with Gasteiger partial charge in [0.25, 0.3) is 5.91 Å². The fraction of sp³-hybridized carbons (Fsp3) is 0.400. The van der Waals surface area contributed by atoms with Crippen molar-refractivity contribution in [1.29, 1.82) is 0 Å². The number of hydrogen-bond donors (Lipinski definition) is 1. The molecule has 0 aromatic carbocycles. The fourth-order valence-electron chi connectivity index (χ4n) is 2.84. The number of halogens is 3. The van der Waals surface area contributed by atoms with Crippen LogP contribution in [0.15, 0.2) is 22.6 Å². The molecule has 1 amide bonds. The molecule has 1 aliphatic rings. The number of carbonyl (C=O) groups excluding carboxylic acids is 1. The normalized spacial score (nSPS) is 21.4. The highest BCUT2D eigenvalue weighted by Gasteiger charge is 2.53. The van der Waals surface area contributed by atoms with Crippen molar-refractivity contribution in [3.8, 4) is 0 Å². The van der Waals surface area contributed by atoms with Gasteiger partial charge in [0.05, 0.1) is 11.8 Å². The van der Waals surface area contributed by atoms with Gasteiger partial charge in [-0.3, -0.25) is 9.59 Å². The Kier molecular flexibility index (Phi) is 3.73. The van der Waals surface area contributed by atoms with Crippen LogP contribution in [0.5, 0.6) is 0 Å². The Morgan fingerprint density at radius 2 is 2.04 bits per heavy atom. The minimum atomic E-state index is -4.69. The molecule has 6 nitrogen and oxygen atoms in total. The number of carboxylic acid groups (broad SMARTS) is 1. The van der Waals surface area contributed by atoms with Crippen molar-refractivity contribution in [3.63, 3.8) is 0 Å². The standard InChI is InChI=1S/C15H13F3N2O4/c1-7-2-3-11-10(19-7)4-12(24-11)13(21)20-5-8(14(22)23)9(6-20)15(16,17)18/h2-4,8-9H,5-6H2,1H3,(H,22,23)/t8-,9-/m1/s1. The highest BCUT2D eigenvalue weighted by Crippen LogP contribution is 2.38. The van der Waals surface area contributed by atoms with Crippen LogP contribution in [-0.4, -0.2) is 46.1 Å². The molecule has 0 aliphatic carbocycles. The third-order valence-electron chi connectivity index (χ3n) is 4.07. The molecule has 9 heteroatoms. The number of alkyl halides is 3. The van der Waals surface area contributed by atoms with Gasteiger partial charge in [0.1, 0.15) is 5.52 Å². The molecule has 1 aliphatic heterocycles. The van der Waals surface area contributed by atoms with Gasteiger partial charge in [0.2, 0.25) is 0 Å². The van der Waals surface area contributed by atoms with E-state index in [2.05, 4.69) is 4.98 Å². The Morgan fingerprint density at radius 3 is 2.62 bits per heavy atom. The van der Waals surface area contributed by atoms with E-state index in [4.69, 9.17) is 9.52 Å². The van der Waals surface area contributed by atoms with Crippen LogP contribution in [0.3, 0.4) is 0 Å². The van der Waals surface area contributed by atoms with Crippen LogP contribution in [0.1, 0.15) is 16.2 Å². The maximum absolute atomic E-state index is 13.0. The summed E-state index contributed by atoms with van der Waals surface area (Å²) in [7, 11) is 0. The van der Waals surface area contributed by atoms with Gasteiger partial charge in [0.15, 0.2) is 11.3 Å². The zero-order valence-electron chi connectivity index (χ0n) is 12.5. The molecule has 0 spiro atoms.